The zero-order chi connectivity index (χ0) is 20.5. The lowest BCUT2D eigenvalue weighted by molar-refractivity contribution is -0.117. The van der Waals surface area contributed by atoms with Crippen molar-refractivity contribution < 1.29 is 4.79 Å². The molecule has 0 saturated heterocycles. The molecule has 150 valence electrons. The van der Waals surface area contributed by atoms with Crippen LogP contribution in [0.4, 0.5) is 11.4 Å². The van der Waals surface area contributed by atoms with Crippen molar-refractivity contribution in [3.63, 3.8) is 0 Å². The number of benzene rings is 2. The first-order chi connectivity index (χ1) is 14.0. The number of aryl methyl sites for hydroxylation is 1. The van der Waals surface area contributed by atoms with Crippen molar-refractivity contribution in [1.29, 1.82) is 0 Å². The van der Waals surface area contributed by atoms with E-state index in [1.54, 1.807) is 9.36 Å². The topological polar surface area (TPSA) is 59.3 Å². The van der Waals surface area contributed by atoms with Gasteiger partial charge in [0, 0.05) is 19.3 Å². The minimum absolute atomic E-state index is 0.173. The van der Waals surface area contributed by atoms with Crippen LogP contribution in [0.25, 0.3) is 5.69 Å². The lowest BCUT2D eigenvalue weighted by Gasteiger charge is -2.35. The first-order valence-electron chi connectivity index (χ1n) is 9.98. The van der Waals surface area contributed by atoms with E-state index in [0.29, 0.717) is 5.69 Å². The highest BCUT2D eigenvalue weighted by Crippen LogP contribution is 2.28. The first kappa shape index (κ1) is 19.1. The number of amides is 1. The van der Waals surface area contributed by atoms with Crippen LogP contribution in [0.1, 0.15) is 24.6 Å². The van der Waals surface area contributed by atoms with E-state index in [1.807, 2.05) is 63.4 Å². The van der Waals surface area contributed by atoms with Crippen molar-refractivity contribution in [3.05, 3.63) is 76.2 Å². The van der Waals surface area contributed by atoms with Crippen molar-refractivity contribution in [1.82, 2.24) is 9.36 Å². The Bertz CT molecular complexity index is 1100. The lowest BCUT2D eigenvalue weighted by atomic mass is 10.00. The van der Waals surface area contributed by atoms with Crippen LogP contribution < -0.4 is 15.8 Å². The summed E-state index contributed by atoms with van der Waals surface area (Å²) in [6, 6.07) is 17.3. The quantitative estimate of drug-likeness (QED) is 0.744. The third-order valence-electron chi connectivity index (χ3n) is 5.80. The van der Waals surface area contributed by atoms with Crippen molar-refractivity contribution in [2.75, 3.05) is 16.8 Å². The molecule has 1 N–H and O–H groups in total. The van der Waals surface area contributed by atoms with Gasteiger partial charge in [0.25, 0.3) is 5.56 Å². The molecular weight excluding hydrogens is 364 g/mol. The van der Waals surface area contributed by atoms with E-state index < -0.39 is 0 Å². The van der Waals surface area contributed by atoms with E-state index in [2.05, 4.69) is 22.3 Å². The van der Waals surface area contributed by atoms with E-state index in [-0.39, 0.29) is 17.5 Å². The molecule has 1 amide bonds. The van der Waals surface area contributed by atoms with Crippen LogP contribution in [-0.2, 0) is 18.3 Å². The summed E-state index contributed by atoms with van der Waals surface area (Å²) in [5, 5.41) is 2.90. The van der Waals surface area contributed by atoms with Gasteiger partial charge in [0.1, 0.15) is 11.7 Å². The van der Waals surface area contributed by atoms with Crippen molar-refractivity contribution >= 4 is 17.3 Å². The van der Waals surface area contributed by atoms with E-state index in [0.717, 1.165) is 36.5 Å². The number of carbonyl (C=O) groups excluding carboxylic acids is 1. The molecule has 0 spiro atoms. The third kappa shape index (κ3) is 3.35. The molecule has 0 saturated carbocycles. The molecule has 2 heterocycles. The summed E-state index contributed by atoms with van der Waals surface area (Å²) in [6.07, 6.45) is 2.04. The maximum Gasteiger partial charge on any atom is 0.295 e. The number of rotatable bonds is 4. The molecular formula is C23H26N4O2. The van der Waals surface area contributed by atoms with Gasteiger partial charge in [0.2, 0.25) is 5.91 Å². The normalized spacial score (nSPS) is 14.4. The molecule has 2 aromatic carbocycles. The second-order valence-corrected chi connectivity index (χ2v) is 7.53. The van der Waals surface area contributed by atoms with Gasteiger partial charge in [0.15, 0.2) is 0 Å². The van der Waals surface area contributed by atoms with Crippen LogP contribution in [0.3, 0.4) is 0 Å². The van der Waals surface area contributed by atoms with Gasteiger partial charge in [-0.3, -0.25) is 14.3 Å². The Kier molecular flexibility index (Phi) is 5.01. The average molecular weight is 390 g/mol. The highest BCUT2D eigenvalue weighted by Gasteiger charge is 2.27. The van der Waals surface area contributed by atoms with Gasteiger partial charge in [-0.2, -0.15) is 0 Å². The minimum Gasteiger partial charge on any atom is -0.360 e. The maximum atomic E-state index is 13.1. The van der Waals surface area contributed by atoms with E-state index in [4.69, 9.17) is 0 Å². The monoisotopic (exact) mass is 390 g/mol. The van der Waals surface area contributed by atoms with Gasteiger partial charge in [-0.05, 0) is 50.5 Å². The standard InChI is InChI=1S/C23H26N4O2/c1-16-21(23(29)27(25(16)3)19-12-5-4-6-13-19)24-22(28)17(2)26-15-9-11-18-10-7-8-14-20(18)26/h4-8,10,12-14,17H,9,11,15H2,1-3H3,(H,24,28)/t17-/m1/s1. The highest BCUT2D eigenvalue weighted by molar-refractivity contribution is 5.97. The van der Waals surface area contributed by atoms with Crippen LogP contribution in [-0.4, -0.2) is 27.9 Å². The number of anilines is 2. The van der Waals surface area contributed by atoms with Gasteiger partial charge in [0.05, 0.1) is 11.4 Å². The van der Waals surface area contributed by atoms with E-state index in [1.165, 1.54) is 5.56 Å². The molecule has 6 nitrogen and oxygen atoms in total. The fourth-order valence-electron chi connectivity index (χ4n) is 4.05. The largest absolute Gasteiger partial charge is 0.360 e. The van der Waals surface area contributed by atoms with Crippen molar-refractivity contribution in [3.8, 4) is 5.69 Å². The number of hydrogen-bond acceptors (Lipinski definition) is 3. The van der Waals surface area contributed by atoms with Gasteiger partial charge in [-0.25, -0.2) is 4.68 Å². The SMILES string of the molecule is Cc1c(NC(=O)[C@@H](C)N2CCCc3ccccc32)c(=O)n(-c2ccccc2)n1C. The molecule has 1 aliphatic rings. The number of hydrogen-bond donors (Lipinski definition) is 1. The smallest absolute Gasteiger partial charge is 0.295 e. The summed E-state index contributed by atoms with van der Waals surface area (Å²) in [5.41, 5.74) is 3.96. The van der Waals surface area contributed by atoms with Crippen LogP contribution in [0.5, 0.6) is 0 Å². The zero-order valence-electron chi connectivity index (χ0n) is 17.1. The molecule has 0 bridgehead atoms. The third-order valence-corrected chi connectivity index (χ3v) is 5.80. The Balaban J connectivity index is 1.62. The Morgan fingerprint density at radius 2 is 1.76 bits per heavy atom. The van der Waals surface area contributed by atoms with E-state index in [9.17, 15) is 9.59 Å². The summed E-state index contributed by atoms with van der Waals surface area (Å²) in [7, 11) is 1.82. The van der Waals surface area contributed by atoms with E-state index >= 15 is 0 Å². The predicted octanol–water partition coefficient (Wildman–Crippen LogP) is 3.26. The van der Waals surface area contributed by atoms with Crippen molar-refractivity contribution in [2.45, 2.75) is 32.7 Å². The fourth-order valence-corrected chi connectivity index (χ4v) is 4.05. The Hall–Kier alpha value is -3.28. The first-order valence-corrected chi connectivity index (χ1v) is 9.98. The molecule has 1 aliphatic heterocycles. The Morgan fingerprint density at radius 3 is 2.52 bits per heavy atom. The minimum atomic E-state index is -0.374. The number of para-hydroxylation sites is 2. The molecule has 0 unspecified atom stereocenters. The molecule has 1 atom stereocenters. The molecule has 29 heavy (non-hydrogen) atoms. The number of carbonyl (C=O) groups is 1. The van der Waals surface area contributed by atoms with Crippen LogP contribution in [0.2, 0.25) is 0 Å². The van der Waals surface area contributed by atoms with Gasteiger partial charge in [-0.15, -0.1) is 0 Å². The highest BCUT2D eigenvalue weighted by atomic mass is 16.2. The van der Waals surface area contributed by atoms with Gasteiger partial charge in [-0.1, -0.05) is 36.4 Å². The molecule has 0 fully saturated rings. The molecule has 0 radical (unpaired) electrons. The number of fused-ring (bicyclic) bond motifs is 1. The lowest BCUT2D eigenvalue weighted by Crippen LogP contribution is -2.45. The average Bonchev–Trinajstić information content (AvgIpc) is 2.96. The van der Waals surface area contributed by atoms with Crippen LogP contribution >= 0.6 is 0 Å². The summed E-state index contributed by atoms with van der Waals surface area (Å²) < 4.78 is 3.35. The summed E-state index contributed by atoms with van der Waals surface area (Å²) in [5.74, 6) is -0.173. The maximum absolute atomic E-state index is 13.1. The Labute approximate surface area is 170 Å². The second-order valence-electron chi connectivity index (χ2n) is 7.53. The van der Waals surface area contributed by atoms with Gasteiger partial charge < -0.3 is 10.2 Å². The molecule has 3 aromatic rings. The predicted molar refractivity (Wildman–Crippen MR) is 116 cm³/mol. The fraction of sp³-hybridized carbons (Fsp3) is 0.304. The number of nitrogens with zero attached hydrogens (tertiary/aromatic N) is 3. The summed E-state index contributed by atoms with van der Waals surface area (Å²) >= 11 is 0. The second kappa shape index (κ2) is 7.62. The molecule has 4 rings (SSSR count). The van der Waals surface area contributed by atoms with Crippen molar-refractivity contribution in [2.24, 2.45) is 7.05 Å². The number of nitrogens with one attached hydrogen (secondary N) is 1. The number of aromatic nitrogens is 2. The molecule has 0 aliphatic carbocycles. The van der Waals surface area contributed by atoms with Crippen LogP contribution in [0, 0.1) is 6.92 Å². The summed E-state index contributed by atoms with van der Waals surface area (Å²) in [6.45, 7) is 4.57. The molecule has 6 heteroatoms. The Morgan fingerprint density at radius 1 is 1.07 bits per heavy atom. The van der Waals surface area contributed by atoms with Gasteiger partial charge >= 0.3 is 0 Å². The zero-order valence-corrected chi connectivity index (χ0v) is 17.1. The summed E-state index contributed by atoms with van der Waals surface area (Å²) in [4.78, 5) is 28.3. The molecule has 1 aromatic heterocycles. The van der Waals surface area contributed by atoms with Crippen LogP contribution in [0.15, 0.2) is 59.4 Å².